The third-order valence-electron chi connectivity index (χ3n) is 3.21. The molecule has 15 heavy (non-hydrogen) atoms. The monoisotopic (exact) mass is 206 g/mol. The molecule has 0 aromatic carbocycles. The predicted molar refractivity (Wildman–Crippen MR) is 59.5 cm³/mol. The molecule has 0 saturated heterocycles. The van der Waals surface area contributed by atoms with Crippen molar-refractivity contribution in [2.45, 2.75) is 37.8 Å². The van der Waals surface area contributed by atoms with Crippen molar-refractivity contribution in [1.82, 2.24) is 10.3 Å². The van der Waals surface area contributed by atoms with Gasteiger partial charge in [0.1, 0.15) is 0 Å². The zero-order chi connectivity index (χ0) is 10.7. The summed E-state index contributed by atoms with van der Waals surface area (Å²) in [5.41, 5.74) is 0.719. The van der Waals surface area contributed by atoms with Gasteiger partial charge in [-0.15, -0.1) is 0 Å². The molecule has 3 nitrogen and oxygen atoms in total. The van der Waals surface area contributed by atoms with Gasteiger partial charge in [0.15, 0.2) is 0 Å². The van der Waals surface area contributed by atoms with Crippen molar-refractivity contribution < 1.29 is 5.11 Å². The zero-order valence-electron chi connectivity index (χ0n) is 9.11. The summed E-state index contributed by atoms with van der Waals surface area (Å²) in [6.07, 6.45) is 6.65. The smallest absolute Gasteiger partial charge is 0.0771 e. The first-order valence-corrected chi connectivity index (χ1v) is 5.55. The molecule has 1 saturated carbocycles. The molecule has 1 atom stereocenters. The number of aromatic nitrogens is 1. The molecule has 0 aliphatic heterocycles. The SMILES string of the molecule is CC(NCC1(O)CCC1)c1cccnc1. The quantitative estimate of drug-likeness (QED) is 0.787. The molecular weight excluding hydrogens is 188 g/mol. The van der Waals surface area contributed by atoms with Gasteiger partial charge in [0.2, 0.25) is 0 Å². The molecule has 0 amide bonds. The molecule has 1 unspecified atom stereocenters. The van der Waals surface area contributed by atoms with Crippen molar-refractivity contribution in [3.05, 3.63) is 30.1 Å². The fourth-order valence-corrected chi connectivity index (χ4v) is 1.85. The van der Waals surface area contributed by atoms with E-state index in [2.05, 4.69) is 23.3 Å². The van der Waals surface area contributed by atoms with Gasteiger partial charge >= 0.3 is 0 Å². The molecular formula is C12H18N2O. The molecule has 1 aliphatic rings. The van der Waals surface area contributed by atoms with E-state index < -0.39 is 5.60 Å². The van der Waals surface area contributed by atoms with Crippen molar-refractivity contribution in [3.8, 4) is 0 Å². The van der Waals surface area contributed by atoms with Gasteiger partial charge in [-0.25, -0.2) is 0 Å². The summed E-state index contributed by atoms with van der Waals surface area (Å²) >= 11 is 0. The van der Waals surface area contributed by atoms with Gasteiger partial charge < -0.3 is 10.4 Å². The van der Waals surface area contributed by atoms with Crippen LogP contribution in [0.2, 0.25) is 0 Å². The van der Waals surface area contributed by atoms with E-state index in [0.29, 0.717) is 6.54 Å². The lowest BCUT2D eigenvalue weighted by atomic mass is 9.80. The maximum atomic E-state index is 9.93. The first-order valence-electron chi connectivity index (χ1n) is 5.55. The van der Waals surface area contributed by atoms with Crippen LogP contribution in [0, 0.1) is 0 Å². The molecule has 2 N–H and O–H groups in total. The van der Waals surface area contributed by atoms with Crippen LogP contribution in [0.1, 0.15) is 37.8 Å². The normalized spacial score (nSPS) is 20.7. The molecule has 0 spiro atoms. The van der Waals surface area contributed by atoms with Crippen LogP contribution in [0.5, 0.6) is 0 Å². The van der Waals surface area contributed by atoms with Crippen LogP contribution in [-0.2, 0) is 0 Å². The maximum Gasteiger partial charge on any atom is 0.0771 e. The Kier molecular flexibility index (Phi) is 3.03. The zero-order valence-corrected chi connectivity index (χ0v) is 9.11. The molecule has 2 rings (SSSR count). The molecule has 1 aromatic heterocycles. The fraction of sp³-hybridized carbons (Fsp3) is 0.583. The summed E-state index contributed by atoms with van der Waals surface area (Å²) in [6.45, 7) is 2.78. The van der Waals surface area contributed by atoms with Gasteiger partial charge in [-0.05, 0) is 37.8 Å². The van der Waals surface area contributed by atoms with Crippen LogP contribution in [-0.4, -0.2) is 22.2 Å². The molecule has 1 aliphatic carbocycles. The van der Waals surface area contributed by atoms with Crippen LogP contribution in [0.25, 0.3) is 0 Å². The van der Waals surface area contributed by atoms with E-state index in [-0.39, 0.29) is 6.04 Å². The molecule has 0 radical (unpaired) electrons. The topological polar surface area (TPSA) is 45.1 Å². The Labute approximate surface area is 90.5 Å². The van der Waals surface area contributed by atoms with Crippen molar-refractivity contribution in [2.24, 2.45) is 0 Å². The van der Waals surface area contributed by atoms with E-state index in [9.17, 15) is 5.11 Å². The van der Waals surface area contributed by atoms with Crippen molar-refractivity contribution in [3.63, 3.8) is 0 Å². The summed E-state index contributed by atoms with van der Waals surface area (Å²) in [4.78, 5) is 4.08. The number of nitrogens with one attached hydrogen (secondary N) is 1. The second-order valence-corrected chi connectivity index (χ2v) is 4.47. The lowest BCUT2D eigenvalue weighted by Crippen LogP contribution is -2.46. The minimum absolute atomic E-state index is 0.253. The molecule has 1 aromatic rings. The standard InChI is InChI=1S/C12H18N2O/c1-10(11-4-2-7-13-8-11)14-9-12(15)5-3-6-12/h2,4,7-8,10,14-15H,3,5-6,9H2,1H3. The van der Waals surface area contributed by atoms with Crippen LogP contribution >= 0.6 is 0 Å². The third-order valence-corrected chi connectivity index (χ3v) is 3.21. The van der Waals surface area contributed by atoms with Crippen LogP contribution in [0.15, 0.2) is 24.5 Å². The van der Waals surface area contributed by atoms with Crippen molar-refractivity contribution >= 4 is 0 Å². The second-order valence-electron chi connectivity index (χ2n) is 4.47. The van der Waals surface area contributed by atoms with Gasteiger partial charge in [-0.2, -0.15) is 0 Å². The highest BCUT2D eigenvalue weighted by atomic mass is 16.3. The van der Waals surface area contributed by atoms with Gasteiger partial charge in [0, 0.05) is 25.0 Å². The summed E-state index contributed by atoms with van der Waals surface area (Å²) in [7, 11) is 0. The Morgan fingerprint density at radius 2 is 2.40 bits per heavy atom. The van der Waals surface area contributed by atoms with Gasteiger partial charge in [-0.1, -0.05) is 6.07 Å². The molecule has 1 heterocycles. The Bertz CT molecular complexity index is 309. The van der Waals surface area contributed by atoms with Crippen molar-refractivity contribution in [2.75, 3.05) is 6.54 Å². The Morgan fingerprint density at radius 3 is 2.93 bits per heavy atom. The van der Waals surface area contributed by atoms with Crippen molar-refractivity contribution in [1.29, 1.82) is 0 Å². The molecule has 3 heteroatoms. The van der Waals surface area contributed by atoms with Crippen LogP contribution in [0.4, 0.5) is 0 Å². The van der Waals surface area contributed by atoms with Gasteiger partial charge in [0.05, 0.1) is 5.60 Å². The Hall–Kier alpha value is -0.930. The Morgan fingerprint density at radius 1 is 1.60 bits per heavy atom. The highest BCUT2D eigenvalue weighted by molar-refractivity contribution is 5.13. The third kappa shape index (κ3) is 2.55. The fourth-order valence-electron chi connectivity index (χ4n) is 1.85. The minimum Gasteiger partial charge on any atom is -0.389 e. The van der Waals surface area contributed by atoms with Gasteiger partial charge in [-0.3, -0.25) is 4.98 Å². The highest BCUT2D eigenvalue weighted by Crippen LogP contribution is 2.31. The molecule has 0 bridgehead atoms. The first-order chi connectivity index (χ1) is 7.20. The molecule has 1 fully saturated rings. The summed E-state index contributed by atoms with van der Waals surface area (Å²) in [5, 5.41) is 13.3. The number of hydrogen-bond donors (Lipinski definition) is 2. The molecule has 82 valence electrons. The summed E-state index contributed by atoms with van der Waals surface area (Å²) in [5.74, 6) is 0. The number of rotatable bonds is 4. The predicted octanol–water partition coefficient (Wildman–Crippen LogP) is 1.65. The van der Waals surface area contributed by atoms with E-state index in [1.807, 2.05) is 12.3 Å². The summed E-state index contributed by atoms with van der Waals surface area (Å²) in [6, 6.07) is 4.24. The van der Waals surface area contributed by atoms with E-state index in [0.717, 1.165) is 19.3 Å². The average molecular weight is 206 g/mol. The number of nitrogens with zero attached hydrogens (tertiary/aromatic N) is 1. The minimum atomic E-state index is -0.448. The van der Waals surface area contributed by atoms with Crippen LogP contribution in [0.3, 0.4) is 0 Å². The first kappa shape index (κ1) is 10.6. The van der Waals surface area contributed by atoms with E-state index in [4.69, 9.17) is 0 Å². The van der Waals surface area contributed by atoms with Crippen LogP contribution < -0.4 is 5.32 Å². The number of hydrogen-bond acceptors (Lipinski definition) is 3. The second kappa shape index (κ2) is 4.29. The number of aliphatic hydroxyl groups is 1. The largest absolute Gasteiger partial charge is 0.389 e. The highest BCUT2D eigenvalue weighted by Gasteiger charge is 2.34. The number of pyridine rings is 1. The Balaban J connectivity index is 1.85. The van der Waals surface area contributed by atoms with Gasteiger partial charge in [0.25, 0.3) is 0 Å². The van der Waals surface area contributed by atoms with E-state index >= 15 is 0 Å². The average Bonchev–Trinajstić information content (AvgIpc) is 2.24. The van der Waals surface area contributed by atoms with E-state index in [1.165, 1.54) is 5.56 Å². The lowest BCUT2D eigenvalue weighted by molar-refractivity contribution is -0.0329. The lowest BCUT2D eigenvalue weighted by Gasteiger charge is -2.37. The maximum absolute atomic E-state index is 9.93. The summed E-state index contributed by atoms with van der Waals surface area (Å²) < 4.78 is 0. The van der Waals surface area contributed by atoms with E-state index in [1.54, 1.807) is 6.20 Å².